The summed E-state index contributed by atoms with van der Waals surface area (Å²) in [6, 6.07) is 5.85. The summed E-state index contributed by atoms with van der Waals surface area (Å²) in [6.45, 7) is 5.69. The number of aryl methyl sites for hydroxylation is 2. The Bertz CT molecular complexity index is 1190. The Kier molecular flexibility index (Phi) is 6.91. The lowest BCUT2D eigenvalue weighted by atomic mass is 9.79. The molecule has 0 amide bonds. The second-order valence-electron chi connectivity index (χ2n) is 9.71. The Morgan fingerprint density at radius 1 is 1.11 bits per heavy atom. The fraction of sp³-hybridized carbons (Fsp3) is 0.480. The van der Waals surface area contributed by atoms with E-state index in [1.807, 2.05) is 26.0 Å². The molecule has 10 heteroatoms. The van der Waals surface area contributed by atoms with Gasteiger partial charge in [0.2, 0.25) is 5.95 Å². The number of aromatic nitrogens is 4. The lowest BCUT2D eigenvalue weighted by Crippen LogP contribution is -2.36. The van der Waals surface area contributed by atoms with Crippen LogP contribution in [0.5, 0.6) is 0 Å². The molecule has 1 aliphatic carbocycles. The average molecular weight is 500 g/mol. The molecule has 0 bridgehead atoms. The largest absolute Gasteiger partial charge is 0.392 e. The van der Waals surface area contributed by atoms with Gasteiger partial charge in [0.25, 0.3) is 0 Å². The third-order valence-electron chi connectivity index (χ3n) is 7.15. The minimum absolute atomic E-state index is 0.185. The second-order valence-corrected chi connectivity index (χ2v) is 10.1. The number of nitrogens with one attached hydrogen (secondary N) is 3. The first-order chi connectivity index (χ1) is 16.9. The molecule has 4 N–H and O–H groups in total. The van der Waals surface area contributed by atoms with Crippen molar-refractivity contribution in [3.05, 3.63) is 52.1 Å². The summed E-state index contributed by atoms with van der Waals surface area (Å²) in [5.41, 5.74) is 3.35. The molecule has 186 valence electrons. The van der Waals surface area contributed by atoms with E-state index in [1.165, 1.54) is 6.20 Å². The van der Waals surface area contributed by atoms with Crippen molar-refractivity contribution >= 4 is 34.9 Å². The van der Waals surface area contributed by atoms with E-state index in [0.717, 1.165) is 62.0 Å². The summed E-state index contributed by atoms with van der Waals surface area (Å²) >= 11 is 6.24. The van der Waals surface area contributed by atoms with Gasteiger partial charge < -0.3 is 15.7 Å². The number of likely N-dealkylation sites (tertiary alicyclic amines) is 1. The highest BCUT2D eigenvalue weighted by Crippen LogP contribution is 2.38. The Hall–Kier alpha value is -2.75. The van der Waals surface area contributed by atoms with Gasteiger partial charge in [0.05, 0.1) is 18.0 Å². The number of β-amino-alcohol motifs (C(OH)–C–C–N with tert-alkyl or cyclic N) is 1. The highest BCUT2D eigenvalue weighted by Gasteiger charge is 2.31. The fourth-order valence-corrected chi connectivity index (χ4v) is 5.46. The van der Waals surface area contributed by atoms with Crippen molar-refractivity contribution < 1.29 is 9.50 Å². The Balaban J connectivity index is 1.27. The van der Waals surface area contributed by atoms with E-state index in [-0.39, 0.29) is 17.9 Å². The molecule has 3 heterocycles. The number of nitrogens with zero attached hydrogens (tertiary/aromatic N) is 4. The maximum absolute atomic E-state index is 15.2. The van der Waals surface area contributed by atoms with Crippen LogP contribution in [-0.4, -0.2) is 55.4 Å². The summed E-state index contributed by atoms with van der Waals surface area (Å²) in [6.07, 6.45) is 6.39. The summed E-state index contributed by atoms with van der Waals surface area (Å²) in [7, 11) is 0. The Morgan fingerprint density at radius 3 is 2.60 bits per heavy atom. The van der Waals surface area contributed by atoms with E-state index >= 15 is 4.39 Å². The number of hydrogen-bond donors (Lipinski definition) is 4. The lowest BCUT2D eigenvalue weighted by molar-refractivity contribution is 0.138. The number of H-pyrrole nitrogens is 1. The number of anilines is 4. The normalized spacial score (nSPS) is 22.9. The van der Waals surface area contributed by atoms with Crippen LogP contribution in [0.1, 0.15) is 54.8 Å². The number of aliphatic hydroxyl groups is 1. The molecule has 1 aliphatic heterocycles. The second kappa shape index (κ2) is 10.1. The molecule has 1 atom stereocenters. The quantitative estimate of drug-likeness (QED) is 0.370. The lowest BCUT2D eigenvalue weighted by Gasteiger charge is -2.35. The van der Waals surface area contributed by atoms with Gasteiger partial charge in [0, 0.05) is 30.9 Å². The topological polar surface area (TPSA) is 102 Å². The van der Waals surface area contributed by atoms with Crippen molar-refractivity contribution in [2.45, 2.75) is 64.0 Å². The molecule has 8 nitrogen and oxygen atoms in total. The maximum atomic E-state index is 15.2. The monoisotopic (exact) mass is 499 g/mol. The summed E-state index contributed by atoms with van der Waals surface area (Å²) < 4.78 is 15.2. The van der Waals surface area contributed by atoms with E-state index in [4.69, 9.17) is 11.6 Å². The number of aromatic amines is 1. The zero-order valence-electron chi connectivity index (χ0n) is 20.0. The number of aliphatic hydroxyl groups excluding tert-OH is 1. The number of benzene rings is 1. The van der Waals surface area contributed by atoms with Gasteiger partial charge in [-0.2, -0.15) is 10.1 Å². The number of rotatable bonds is 6. The van der Waals surface area contributed by atoms with Crippen LogP contribution >= 0.6 is 11.6 Å². The van der Waals surface area contributed by atoms with Gasteiger partial charge in [-0.1, -0.05) is 11.6 Å². The van der Waals surface area contributed by atoms with E-state index in [2.05, 4.69) is 35.7 Å². The molecule has 3 aromatic rings. The summed E-state index contributed by atoms with van der Waals surface area (Å²) in [5, 5.41) is 23.2. The predicted octanol–water partition coefficient (Wildman–Crippen LogP) is 5.19. The smallest absolute Gasteiger partial charge is 0.229 e. The molecule has 1 saturated carbocycles. The SMILES string of the molecule is Cc1cc(Nc2nc(Nc3cc(C)c(C4CCC(N5CC[C@H](O)C5)CC4)cc3F)ncc2Cl)n[nH]1. The highest BCUT2D eigenvalue weighted by molar-refractivity contribution is 6.32. The molecule has 5 rings (SSSR count). The molecule has 2 aromatic heterocycles. The molecule has 2 aliphatic rings. The van der Waals surface area contributed by atoms with Gasteiger partial charge in [0.15, 0.2) is 11.6 Å². The first-order valence-electron chi connectivity index (χ1n) is 12.2. The zero-order valence-corrected chi connectivity index (χ0v) is 20.7. The molecule has 1 aromatic carbocycles. The van der Waals surface area contributed by atoms with Gasteiger partial charge in [-0.25, -0.2) is 9.37 Å². The van der Waals surface area contributed by atoms with Crippen molar-refractivity contribution in [3.8, 4) is 0 Å². The van der Waals surface area contributed by atoms with Crippen LogP contribution in [-0.2, 0) is 0 Å². The first kappa shape index (κ1) is 24.0. The van der Waals surface area contributed by atoms with Gasteiger partial charge in [-0.05, 0) is 75.1 Å². The third kappa shape index (κ3) is 5.42. The molecule has 1 saturated heterocycles. The van der Waals surface area contributed by atoms with Crippen LogP contribution in [0.4, 0.5) is 27.7 Å². The Morgan fingerprint density at radius 2 is 1.91 bits per heavy atom. The van der Waals surface area contributed by atoms with E-state index < -0.39 is 0 Å². The minimum atomic E-state index is -0.327. The van der Waals surface area contributed by atoms with Crippen molar-refractivity contribution in [2.75, 3.05) is 23.7 Å². The third-order valence-corrected chi connectivity index (χ3v) is 7.42. The van der Waals surface area contributed by atoms with Gasteiger partial charge in [0.1, 0.15) is 10.8 Å². The zero-order chi connectivity index (χ0) is 24.5. The van der Waals surface area contributed by atoms with Crippen molar-refractivity contribution in [1.82, 2.24) is 25.1 Å². The van der Waals surface area contributed by atoms with Crippen molar-refractivity contribution in [1.29, 1.82) is 0 Å². The van der Waals surface area contributed by atoms with E-state index in [0.29, 0.717) is 34.3 Å². The van der Waals surface area contributed by atoms with Crippen LogP contribution < -0.4 is 10.6 Å². The minimum Gasteiger partial charge on any atom is -0.392 e. The molecule has 0 spiro atoms. The molecule has 0 radical (unpaired) electrons. The summed E-state index contributed by atoms with van der Waals surface area (Å²) in [4.78, 5) is 11.0. The molecular formula is C25H31ClFN7O. The van der Waals surface area contributed by atoms with Crippen LogP contribution in [0, 0.1) is 19.7 Å². The summed E-state index contributed by atoms with van der Waals surface area (Å²) in [5.74, 6) is 1.22. The van der Waals surface area contributed by atoms with Crippen LogP contribution in [0.15, 0.2) is 24.4 Å². The number of halogens is 2. The highest BCUT2D eigenvalue weighted by atomic mass is 35.5. The average Bonchev–Trinajstić information content (AvgIpc) is 3.46. The van der Waals surface area contributed by atoms with E-state index in [9.17, 15) is 5.11 Å². The number of hydrogen-bond acceptors (Lipinski definition) is 7. The van der Waals surface area contributed by atoms with Gasteiger partial charge in [-0.15, -0.1) is 0 Å². The first-order valence-corrected chi connectivity index (χ1v) is 12.5. The van der Waals surface area contributed by atoms with E-state index in [1.54, 1.807) is 6.07 Å². The molecule has 2 fully saturated rings. The van der Waals surface area contributed by atoms with Crippen LogP contribution in [0.25, 0.3) is 0 Å². The van der Waals surface area contributed by atoms with Gasteiger partial charge in [-0.3, -0.25) is 10.00 Å². The van der Waals surface area contributed by atoms with Crippen LogP contribution in [0.2, 0.25) is 5.02 Å². The molecule has 35 heavy (non-hydrogen) atoms. The van der Waals surface area contributed by atoms with Crippen molar-refractivity contribution in [3.63, 3.8) is 0 Å². The fourth-order valence-electron chi connectivity index (χ4n) is 5.32. The Labute approximate surface area is 209 Å². The predicted molar refractivity (Wildman–Crippen MR) is 135 cm³/mol. The van der Waals surface area contributed by atoms with Crippen molar-refractivity contribution in [2.24, 2.45) is 0 Å². The molecular weight excluding hydrogens is 469 g/mol. The van der Waals surface area contributed by atoms with Crippen LogP contribution in [0.3, 0.4) is 0 Å². The van der Waals surface area contributed by atoms with Gasteiger partial charge >= 0.3 is 0 Å². The molecule has 0 unspecified atom stereocenters. The maximum Gasteiger partial charge on any atom is 0.229 e. The standard InChI is InChI=1S/C25H31ClFN7O/c1-14-9-22(29-25-28-12-20(26)24(31-25)30-23-10-15(2)32-33-23)21(27)11-19(14)16-3-5-17(6-4-16)34-8-7-18(35)13-34/h9-12,16-18,35H,3-8,13H2,1-2H3,(H3,28,29,30,31,32,33)/t16?,17?,18-/m0/s1.